The highest BCUT2D eigenvalue weighted by atomic mass is 127. The molecule has 0 saturated carbocycles. The molecule has 0 aromatic heterocycles. The molecule has 3 nitrogen and oxygen atoms in total. The molecule has 5 heteroatoms. The number of halogens is 2. The Morgan fingerprint density at radius 2 is 2.08 bits per heavy atom. The van der Waals surface area contributed by atoms with Gasteiger partial charge in [0.1, 0.15) is 11.3 Å². The number of benzene rings is 1. The molecule has 0 bridgehead atoms. The van der Waals surface area contributed by atoms with E-state index in [4.69, 9.17) is 9.84 Å². The SMILES string of the molecule is COc1cc(I)cc(I)c1C(=O)O. The zero-order chi connectivity index (χ0) is 10.0. The quantitative estimate of drug-likeness (QED) is 0.772. The number of methoxy groups -OCH3 is 1. The summed E-state index contributed by atoms with van der Waals surface area (Å²) >= 11 is 4.10. The number of ether oxygens (including phenoxy) is 1. The maximum atomic E-state index is 10.8. The average molecular weight is 404 g/mol. The number of hydrogen-bond acceptors (Lipinski definition) is 2. The van der Waals surface area contributed by atoms with Crippen LogP contribution in [-0.4, -0.2) is 18.2 Å². The van der Waals surface area contributed by atoms with Gasteiger partial charge in [0, 0.05) is 7.14 Å². The number of carboxylic acids is 1. The highest BCUT2D eigenvalue weighted by Crippen LogP contribution is 2.26. The summed E-state index contributed by atoms with van der Waals surface area (Å²) < 4.78 is 6.63. The van der Waals surface area contributed by atoms with E-state index in [-0.39, 0.29) is 5.56 Å². The first kappa shape index (κ1) is 11.0. The number of carboxylic acid groups (broad SMARTS) is 1. The zero-order valence-corrected chi connectivity index (χ0v) is 11.0. The van der Waals surface area contributed by atoms with Crippen LogP contribution < -0.4 is 4.74 Å². The summed E-state index contributed by atoms with van der Waals surface area (Å²) in [6.07, 6.45) is 0. The van der Waals surface area contributed by atoms with Crippen molar-refractivity contribution in [1.82, 2.24) is 0 Å². The summed E-state index contributed by atoms with van der Waals surface area (Å²) in [6, 6.07) is 3.50. The third kappa shape index (κ3) is 2.46. The maximum absolute atomic E-state index is 10.8. The van der Waals surface area contributed by atoms with E-state index in [9.17, 15) is 4.79 Å². The molecule has 0 radical (unpaired) electrons. The molecule has 70 valence electrons. The van der Waals surface area contributed by atoms with E-state index in [1.165, 1.54) is 7.11 Å². The van der Waals surface area contributed by atoms with Crippen molar-refractivity contribution in [3.8, 4) is 5.75 Å². The summed E-state index contributed by atoms with van der Waals surface area (Å²) in [5.41, 5.74) is 0.225. The fraction of sp³-hybridized carbons (Fsp3) is 0.125. The fourth-order valence-electron chi connectivity index (χ4n) is 0.919. The van der Waals surface area contributed by atoms with Crippen molar-refractivity contribution in [3.63, 3.8) is 0 Å². The Morgan fingerprint density at radius 1 is 1.46 bits per heavy atom. The summed E-state index contributed by atoms with van der Waals surface area (Å²) in [6.45, 7) is 0. The molecule has 1 N–H and O–H groups in total. The average Bonchev–Trinajstić information content (AvgIpc) is 2.01. The normalized spacial score (nSPS) is 9.77. The largest absolute Gasteiger partial charge is 0.496 e. The number of aromatic carboxylic acids is 1. The van der Waals surface area contributed by atoms with Gasteiger partial charge in [-0.1, -0.05) is 0 Å². The molecule has 0 heterocycles. The minimum absolute atomic E-state index is 0.225. The van der Waals surface area contributed by atoms with Gasteiger partial charge in [0.2, 0.25) is 0 Å². The Labute approximate surface area is 103 Å². The number of hydrogen-bond donors (Lipinski definition) is 1. The Hall–Kier alpha value is -0.0500. The minimum atomic E-state index is -0.961. The van der Waals surface area contributed by atoms with Crippen molar-refractivity contribution in [2.24, 2.45) is 0 Å². The first-order valence-electron chi connectivity index (χ1n) is 3.32. The molecule has 0 spiro atoms. The van der Waals surface area contributed by atoms with Crippen LogP contribution in [-0.2, 0) is 0 Å². The Morgan fingerprint density at radius 3 is 2.54 bits per heavy atom. The summed E-state index contributed by atoms with van der Waals surface area (Å²) in [5.74, 6) is -0.554. The third-order valence-electron chi connectivity index (χ3n) is 1.45. The monoisotopic (exact) mass is 404 g/mol. The van der Waals surface area contributed by atoms with Gasteiger partial charge in [-0.05, 0) is 57.3 Å². The van der Waals surface area contributed by atoms with Gasteiger partial charge < -0.3 is 9.84 Å². The highest BCUT2D eigenvalue weighted by Gasteiger charge is 2.15. The molecule has 0 aliphatic heterocycles. The van der Waals surface area contributed by atoms with Gasteiger partial charge in [-0.15, -0.1) is 0 Å². The molecule has 0 amide bonds. The van der Waals surface area contributed by atoms with Crippen LogP contribution in [0.25, 0.3) is 0 Å². The van der Waals surface area contributed by atoms with E-state index >= 15 is 0 Å². The Bertz CT molecular complexity index is 349. The molecule has 1 aromatic carbocycles. The predicted molar refractivity (Wildman–Crippen MR) is 65.4 cm³/mol. The third-order valence-corrected chi connectivity index (χ3v) is 2.93. The van der Waals surface area contributed by atoms with E-state index in [2.05, 4.69) is 22.6 Å². The number of rotatable bonds is 2. The van der Waals surface area contributed by atoms with Crippen LogP contribution in [0.15, 0.2) is 12.1 Å². The molecular formula is C8H6I2O3. The lowest BCUT2D eigenvalue weighted by Crippen LogP contribution is -2.03. The van der Waals surface area contributed by atoms with E-state index < -0.39 is 5.97 Å². The van der Waals surface area contributed by atoms with Crippen LogP contribution in [0.5, 0.6) is 5.75 Å². The second-order valence-corrected chi connectivity index (χ2v) is 4.68. The summed E-state index contributed by atoms with van der Waals surface area (Å²) in [5, 5.41) is 8.88. The molecule has 0 saturated heterocycles. The predicted octanol–water partition coefficient (Wildman–Crippen LogP) is 2.60. The van der Waals surface area contributed by atoms with Crippen LogP contribution in [0.4, 0.5) is 0 Å². The second kappa shape index (κ2) is 4.45. The van der Waals surface area contributed by atoms with Crippen LogP contribution in [0.1, 0.15) is 10.4 Å². The molecule has 0 unspecified atom stereocenters. The molecule has 0 aliphatic carbocycles. The Kier molecular flexibility index (Phi) is 3.77. The van der Waals surface area contributed by atoms with Gasteiger partial charge in [0.05, 0.1) is 7.11 Å². The maximum Gasteiger partial charge on any atom is 0.340 e. The van der Waals surface area contributed by atoms with E-state index in [0.717, 1.165) is 3.57 Å². The fourth-order valence-corrected chi connectivity index (χ4v) is 2.94. The van der Waals surface area contributed by atoms with Crippen molar-refractivity contribution in [1.29, 1.82) is 0 Å². The molecule has 0 fully saturated rings. The summed E-state index contributed by atoms with van der Waals surface area (Å²) in [4.78, 5) is 10.8. The van der Waals surface area contributed by atoms with Crippen molar-refractivity contribution in [3.05, 3.63) is 24.8 Å². The van der Waals surface area contributed by atoms with Crippen molar-refractivity contribution >= 4 is 51.2 Å². The van der Waals surface area contributed by atoms with Gasteiger partial charge in [-0.3, -0.25) is 0 Å². The van der Waals surface area contributed by atoms with Gasteiger partial charge in [-0.25, -0.2) is 4.79 Å². The van der Waals surface area contributed by atoms with Crippen LogP contribution in [0.3, 0.4) is 0 Å². The second-order valence-electron chi connectivity index (χ2n) is 2.27. The first-order valence-corrected chi connectivity index (χ1v) is 5.48. The van der Waals surface area contributed by atoms with Crippen LogP contribution in [0, 0.1) is 7.14 Å². The van der Waals surface area contributed by atoms with Crippen LogP contribution in [0.2, 0.25) is 0 Å². The molecule has 1 aromatic rings. The Balaban J connectivity index is 3.38. The topological polar surface area (TPSA) is 46.5 Å². The zero-order valence-electron chi connectivity index (χ0n) is 6.67. The first-order chi connectivity index (χ1) is 6.06. The molecule has 13 heavy (non-hydrogen) atoms. The molecule has 0 aliphatic rings. The molecular weight excluding hydrogens is 398 g/mol. The lowest BCUT2D eigenvalue weighted by atomic mass is 10.2. The smallest absolute Gasteiger partial charge is 0.340 e. The van der Waals surface area contributed by atoms with Gasteiger partial charge in [-0.2, -0.15) is 0 Å². The lowest BCUT2D eigenvalue weighted by Gasteiger charge is -2.07. The van der Waals surface area contributed by atoms with Crippen molar-refractivity contribution in [2.75, 3.05) is 7.11 Å². The van der Waals surface area contributed by atoms with Gasteiger partial charge in [0.15, 0.2) is 0 Å². The number of carbonyl (C=O) groups is 1. The minimum Gasteiger partial charge on any atom is -0.496 e. The van der Waals surface area contributed by atoms with Gasteiger partial charge >= 0.3 is 5.97 Å². The van der Waals surface area contributed by atoms with Crippen molar-refractivity contribution < 1.29 is 14.6 Å². The van der Waals surface area contributed by atoms with Crippen molar-refractivity contribution in [2.45, 2.75) is 0 Å². The van der Waals surface area contributed by atoms with E-state index in [0.29, 0.717) is 9.32 Å². The highest BCUT2D eigenvalue weighted by molar-refractivity contribution is 14.1. The van der Waals surface area contributed by atoms with E-state index in [1.807, 2.05) is 22.6 Å². The standard InChI is InChI=1S/C8H6I2O3/c1-13-6-3-4(9)2-5(10)7(6)8(11)12/h2-3H,1H3,(H,11,12). The lowest BCUT2D eigenvalue weighted by molar-refractivity contribution is 0.0692. The van der Waals surface area contributed by atoms with Crippen LogP contribution >= 0.6 is 45.2 Å². The molecule has 1 rings (SSSR count). The van der Waals surface area contributed by atoms with E-state index in [1.54, 1.807) is 12.1 Å². The summed E-state index contributed by atoms with van der Waals surface area (Å²) in [7, 11) is 1.47. The van der Waals surface area contributed by atoms with Gasteiger partial charge in [0.25, 0.3) is 0 Å². The molecule has 0 atom stereocenters.